The summed E-state index contributed by atoms with van der Waals surface area (Å²) < 4.78 is 11.8. The molecule has 3 heterocycles. The number of pyridine rings is 1. The molecule has 0 spiro atoms. The summed E-state index contributed by atoms with van der Waals surface area (Å²) in [6.07, 6.45) is 1.82. The first-order valence-electron chi connectivity index (χ1n) is 9.43. The molecule has 0 atom stereocenters. The van der Waals surface area contributed by atoms with Gasteiger partial charge in [0.25, 0.3) is 6.01 Å². The lowest BCUT2D eigenvalue weighted by atomic mass is 10.1. The summed E-state index contributed by atoms with van der Waals surface area (Å²) in [5.41, 5.74) is 8.96. The van der Waals surface area contributed by atoms with Crippen LogP contribution < -0.4 is 10.5 Å². The zero-order chi connectivity index (χ0) is 21.8. The minimum atomic E-state index is -0.330. The number of nitrogen functional groups attached to an aromatic ring is 1. The fourth-order valence-electron chi connectivity index (χ4n) is 3.08. The largest absolute Gasteiger partial charge is 0.480 e. The van der Waals surface area contributed by atoms with Gasteiger partial charge in [-0.1, -0.05) is 30.3 Å². The van der Waals surface area contributed by atoms with Crippen LogP contribution in [0.5, 0.6) is 12.0 Å². The molecule has 4 rings (SSSR count). The Labute approximate surface area is 177 Å². The number of anilines is 1. The van der Waals surface area contributed by atoms with Crippen molar-refractivity contribution in [2.75, 3.05) is 12.8 Å². The van der Waals surface area contributed by atoms with Crippen molar-refractivity contribution in [3.05, 3.63) is 65.5 Å². The average Bonchev–Trinajstić information content (AvgIpc) is 3.09. The fraction of sp³-hybridized carbons (Fsp3) is 0.190. The highest BCUT2D eigenvalue weighted by Crippen LogP contribution is 2.26. The van der Waals surface area contributed by atoms with Crippen molar-refractivity contribution in [1.29, 1.82) is 0 Å². The van der Waals surface area contributed by atoms with Gasteiger partial charge in [0.2, 0.25) is 0 Å². The van der Waals surface area contributed by atoms with Crippen LogP contribution in [-0.2, 0) is 29.1 Å². The van der Waals surface area contributed by atoms with Crippen LogP contribution in [0.25, 0.3) is 11.2 Å². The Kier molecular flexibility index (Phi) is 5.61. The van der Waals surface area contributed by atoms with Crippen molar-refractivity contribution in [2.45, 2.75) is 19.6 Å². The number of hydrogen-bond acceptors (Lipinski definition) is 9. The normalized spacial score (nSPS) is 10.9. The van der Waals surface area contributed by atoms with Gasteiger partial charge in [-0.3, -0.25) is 14.3 Å². The van der Waals surface area contributed by atoms with Gasteiger partial charge in [-0.05, 0) is 23.3 Å². The van der Waals surface area contributed by atoms with Crippen molar-refractivity contribution < 1.29 is 19.4 Å². The quantitative estimate of drug-likeness (QED) is 0.429. The summed E-state index contributed by atoms with van der Waals surface area (Å²) in [5, 5.41) is 10.4. The molecule has 0 unspecified atom stereocenters. The van der Waals surface area contributed by atoms with Crippen LogP contribution >= 0.6 is 0 Å². The van der Waals surface area contributed by atoms with E-state index in [4.69, 9.17) is 15.2 Å². The molecule has 3 aromatic heterocycles. The maximum Gasteiger partial charge on any atom is 0.320 e. The molecular formula is C21H20N6O4. The zero-order valence-corrected chi connectivity index (χ0v) is 16.7. The summed E-state index contributed by atoms with van der Waals surface area (Å²) in [5.74, 6) is -0.238. The van der Waals surface area contributed by atoms with E-state index >= 15 is 0 Å². The van der Waals surface area contributed by atoms with Crippen LogP contribution in [0.2, 0.25) is 0 Å². The van der Waals surface area contributed by atoms with Crippen LogP contribution in [0, 0.1) is 0 Å². The topological polar surface area (TPSA) is 138 Å². The molecule has 4 aromatic rings. The highest BCUT2D eigenvalue weighted by Gasteiger charge is 2.17. The molecule has 0 aliphatic rings. The monoisotopic (exact) mass is 420 g/mol. The Morgan fingerprint density at radius 1 is 1.13 bits per heavy atom. The Bertz CT molecular complexity index is 1230. The molecule has 1 aromatic carbocycles. The number of fused-ring (bicyclic) bond motifs is 1. The second kappa shape index (κ2) is 8.66. The number of carbonyl (C=O) groups is 1. The molecular weight excluding hydrogens is 400 g/mol. The molecule has 10 nitrogen and oxygen atoms in total. The molecule has 0 radical (unpaired) electrons. The highest BCUT2D eigenvalue weighted by atomic mass is 16.5. The molecule has 0 bridgehead atoms. The minimum absolute atomic E-state index is 0.0521. The third kappa shape index (κ3) is 4.53. The van der Waals surface area contributed by atoms with Gasteiger partial charge in [-0.25, -0.2) is 0 Å². The van der Waals surface area contributed by atoms with Crippen LogP contribution in [0.4, 0.5) is 5.82 Å². The molecule has 10 heteroatoms. The number of esters is 1. The Hall–Kier alpha value is -4.21. The van der Waals surface area contributed by atoms with E-state index in [0.717, 1.165) is 11.1 Å². The molecule has 158 valence electrons. The van der Waals surface area contributed by atoms with Gasteiger partial charge in [0.1, 0.15) is 6.61 Å². The molecule has 0 fully saturated rings. The number of imidazole rings is 1. The number of benzene rings is 1. The van der Waals surface area contributed by atoms with E-state index < -0.39 is 0 Å². The summed E-state index contributed by atoms with van der Waals surface area (Å²) in [7, 11) is 1.35. The van der Waals surface area contributed by atoms with Crippen molar-refractivity contribution in [3.63, 3.8) is 0 Å². The van der Waals surface area contributed by atoms with Crippen LogP contribution in [-0.4, -0.2) is 42.7 Å². The average molecular weight is 420 g/mol. The van der Waals surface area contributed by atoms with E-state index in [0.29, 0.717) is 11.3 Å². The fourth-order valence-corrected chi connectivity index (χ4v) is 3.08. The molecule has 0 amide bonds. The molecule has 0 saturated carbocycles. The van der Waals surface area contributed by atoms with Gasteiger partial charge in [0, 0.05) is 6.20 Å². The van der Waals surface area contributed by atoms with E-state index in [1.807, 2.05) is 42.5 Å². The highest BCUT2D eigenvalue weighted by molar-refractivity contribution is 5.83. The van der Waals surface area contributed by atoms with Gasteiger partial charge in [0.15, 0.2) is 17.0 Å². The number of carbonyl (C=O) groups excluding carboxylic acids is 1. The standard InChI is InChI=1S/C21H20N6O4/c1-30-16(28)10-13-5-4-6-14(9-13)11-27-19-17(24-21(27)29)18(22)25-20(26-19)31-12-15-7-2-3-8-23-15/h2-9H,10-12H2,1H3,(H,24,29)(H2,22,25,26). The van der Waals surface area contributed by atoms with E-state index in [9.17, 15) is 9.90 Å². The molecule has 31 heavy (non-hydrogen) atoms. The van der Waals surface area contributed by atoms with Crippen molar-refractivity contribution in [2.24, 2.45) is 0 Å². The molecule has 0 saturated heterocycles. The summed E-state index contributed by atoms with van der Waals surface area (Å²) in [6.45, 7) is 0.426. The van der Waals surface area contributed by atoms with Gasteiger partial charge < -0.3 is 20.3 Å². The predicted octanol–water partition coefficient (Wildman–Crippen LogP) is 1.85. The van der Waals surface area contributed by atoms with E-state index in [1.54, 1.807) is 6.20 Å². The number of aromatic nitrogens is 5. The van der Waals surface area contributed by atoms with Crippen molar-refractivity contribution >= 4 is 23.0 Å². The number of hydrogen-bond donors (Lipinski definition) is 2. The molecule has 0 aliphatic carbocycles. The Balaban J connectivity index is 1.62. The zero-order valence-electron chi connectivity index (χ0n) is 16.7. The number of methoxy groups -OCH3 is 1. The SMILES string of the molecule is COC(=O)Cc1cccc(Cn2c(O)nc3c(N)nc(OCc4ccccn4)nc32)c1. The number of nitrogens with two attached hydrogens (primary N) is 1. The molecule has 0 aliphatic heterocycles. The smallest absolute Gasteiger partial charge is 0.320 e. The number of ether oxygens (including phenoxy) is 2. The van der Waals surface area contributed by atoms with Crippen molar-refractivity contribution in [1.82, 2.24) is 24.5 Å². The van der Waals surface area contributed by atoms with Gasteiger partial charge in [-0.2, -0.15) is 15.0 Å². The lowest BCUT2D eigenvalue weighted by Gasteiger charge is -2.09. The lowest BCUT2D eigenvalue weighted by Crippen LogP contribution is -2.07. The van der Waals surface area contributed by atoms with Gasteiger partial charge in [-0.15, -0.1) is 0 Å². The predicted molar refractivity (Wildman–Crippen MR) is 111 cm³/mol. The van der Waals surface area contributed by atoms with Crippen molar-refractivity contribution in [3.8, 4) is 12.0 Å². The number of aromatic hydroxyl groups is 1. The third-order valence-electron chi connectivity index (χ3n) is 4.56. The first kappa shape index (κ1) is 20.1. The third-order valence-corrected chi connectivity index (χ3v) is 4.56. The van der Waals surface area contributed by atoms with E-state index in [1.165, 1.54) is 11.7 Å². The number of rotatable bonds is 7. The van der Waals surface area contributed by atoms with Gasteiger partial charge >= 0.3 is 12.0 Å². The Morgan fingerprint density at radius 3 is 2.74 bits per heavy atom. The van der Waals surface area contributed by atoms with Crippen LogP contribution in [0.3, 0.4) is 0 Å². The maximum absolute atomic E-state index is 11.6. The summed E-state index contributed by atoms with van der Waals surface area (Å²) >= 11 is 0. The second-order valence-electron chi connectivity index (χ2n) is 6.74. The summed E-state index contributed by atoms with van der Waals surface area (Å²) in [4.78, 5) is 28.3. The second-order valence-corrected chi connectivity index (χ2v) is 6.74. The first-order chi connectivity index (χ1) is 15.0. The molecule has 3 N–H and O–H groups in total. The van der Waals surface area contributed by atoms with Crippen LogP contribution in [0.15, 0.2) is 48.7 Å². The minimum Gasteiger partial charge on any atom is -0.480 e. The first-order valence-corrected chi connectivity index (χ1v) is 9.43. The number of nitrogens with zero attached hydrogens (tertiary/aromatic N) is 5. The Morgan fingerprint density at radius 2 is 1.97 bits per heavy atom. The van der Waals surface area contributed by atoms with Gasteiger partial charge in [0.05, 0.1) is 25.8 Å². The van der Waals surface area contributed by atoms with E-state index in [-0.39, 0.29) is 48.9 Å². The van der Waals surface area contributed by atoms with Crippen LogP contribution in [0.1, 0.15) is 16.8 Å². The lowest BCUT2D eigenvalue weighted by molar-refractivity contribution is -0.139. The summed E-state index contributed by atoms with van der Waals surface area (Å²) in [6, 6.07) is 12.7. The maximum atomic E-state index is 11.6. The van der Waals surface area contributed by atoms with E-state index in [2.05, 4.69) is 19.9 Å².